The van der Waals surface area contributed by atoms with Crippen LogP contribution in [0.4, 0.5) is 0 Å². The molecule has 2 heterocycles. The smallest absolute Gasteiger partial charge is 0.118 e. The fraction of sp³-hybridized carbons (Fsp3) is 0.0769. The number of aromatic nitrogens is 2. The molecule has 2 aromatic heterocycles. The normalized spacial score (nSPS) is 10.5. The second-order valence-electron chi connectivity index (χ2n) is 3.66. The molecule has 0 aliphatic rings. The van der Waals surface area contributed by atoms with E-state index in [1.54, 1.807) is 18.4 Å². The predicted octanol–water partition coefficient (Wildman–Crippen LogP) is 3.94. The lowest BCUT2D eigenvalue weighted by atomic mass is 10.1. The van der Waals surface area contributed by atoms with Gasteiger partial charge in [0.15, 0.2) is 0 Å². The van der Waals surface area contributed by atoms with Crippen LogP contribution in [0.1, 0.15) is 0 Å². The van der Waals surface area contributed by atoms with Gasteiger partial charge >= 0.3 is 0 Å². The molecule has 0 N–H and O–H groups in total. The molecule has 0 aliphatic carbocycles. The fourth-order valence-corrected chi connectivity index (χ4v) is 3.23. The summed E-state index contributed by atoms with van der Waals surface area (Å²) in [5.41, 5.74) is 2.00. The van der Waals surface area contributed by atoms with E-state index in [2.05, 4.69) is 21.0 Å². The van der Waals surface area contributed by atoms with Crippen molar-refractivity contribution in [1.82, 2.24) is 9.59 Å². The number of thiophene rings is 1. The summed E-state index contributed by atoms with van der Waals surface area (Å²) in [6, 6.07) is 12.0. The zero-order valence-corrected chi connectivity index (χ0v) is 11.3. The van der Waals surface area contributed by atoms with E-state index in [0.717, 1.165) is 21.9 Å². The second kappa shape index (κ2) is 4.88. The van der Waals surface area contributed by atoms with Crippen molar-refractivity contribution in [2.24, 2.45) is 0 Å². The highest BCUT2D eigenvalue weighted by atomic mass is 32.1. The van der Waals surface area contributed by atoms with Crippen molar-refractivity contribution >= 4 is 22.9 Å². The van der Waals surface area contributed by atoms with Crippen LogP contribution in [0.2, 0.25) is 0 Å². The summed E-state index contributed by atoms with van der Waals surface area (Å²) in [6.45, 7) is 0. The van der Waals surface area contributed by atoms with Crippen LogP contribution in [0.15, 0.2) is 41.8 Å². The standard InChI is InChI=1S/C13H10N2OS2/c1-16-10-6-4-9(5-7-10)12-13(18-15-14-12)11-3-2-8-17-11/h2-8H,1H3. The highest BCUT2D eigenvalue weighted by Gasteiger charge is 2.13. The highest BCUT2D eigenvalue weighted by molar-refractivity contribution is 7.19. The van der Waals surface area contributed by atoms with E-state index in [-0.39, 0.29) is 0 Å². The van der Waals surface area contributed by atoms with Crippen LogP contribution in [-0.2, 0) is 0 Å². The summed E-state index contributed by atoms with van der Waals surface area (Å²) in [7, 11) is 1.66. The van der Waals surface area contributed by atoms with Crippen molar-refractivity contribution < 1.29 is 4.74 Å². The average molecular weight is 274 g/mol. The van der Waals surface area contributed by atoms with Crippen LogP contribution >= 0.6 is 22.9 Å². The third-order valence-corrected chi connectivity index (χ3v) is 4.37. The van der Waals surface area contributed by atoms with Crippen molar-refractivity contribution in [2.45, 2.75) is 0 Å². The summed E-state index contributed by atoms with van der Waals surface area (Å²) < 4.78 is 9.22. The third-order valence-electron chi connectivity index (χ3n) is 2.60. The molecule has 0 atom stereocenters. The van der Waals surface area contributed by atoms with Gasteiger partial charge in [0.25, 0.3) is 0 Å². The Hall–Kier alpha value is -1.72. The number of nitrogens with zero attached hydrogens (tertiary/aromatic N) is 2. The lowest BCUT2D eigenvalue weighted by molar-refractivity contribution is 0.415. The van der Waals surface area contributed by atoms with E-state index < -0.39 is 0 Å². The van der Waals surface area contributed by atoms with E-state index >= 15 is 0 Å². The molecule has 1 aromatic carbocycles. The minimum Gasteiger partial charge on any atom is -0.497 e. The van der Waals surface area contributed by atoms with Crippen molar-refractivity contribution in [3.63, 3.8) is 0 Å². The fourth-order valence-electron chi connectivity index (χ4n) is 1.70. The number of hydrogen-bond acceptors (Lipinski definition) is 5. The largest absolute Gasteiger partial charge is 0.497 e. The molecule has 0 saturated heterocycles. The van der Waals surface area contributed by atoms with Gasteiger partial charge in [0.1, 0.15) is 11.4 Å². The first-order valence-electron chi connectivity index (χ1n) is 5.39. The molecule has 0 radical (unpaired) electrons. The number of benzene rings is 1. The van der Waals surface area contributed by atoms with Crippen LogP contribution in [0, 0.1) is 0 Å². The lowest BCUT2D eigenvalue weighted by Crippen LogP contribution is -1.84. The van der Waals surface area contributed by atoms with Gasteiger partial charge in [0.05, 0.1) is 12.0 Å². The zero-order chi connectivity index (χ0) is 12.4. The van der Waals surface area contributed by atoms with Gasteiger partial charge in [0, 0.05) is 10.4 Å². The van der Waals surface area contributed by atoms with Gasteiger partial charge in [0.2, 0.25) is 0 Å². The van der Waals surface area contributed by atoms with Crippen molar-refractivity contribution in [3.8, 4) is 26.8 Å². The maximum Gasteiger partial charge on any atom is 0.118 e. The molecule has 0 saturated carbocycles. The van der Waals surface area contributed by atoms with E-state index in [1.807, 2.05) is 30.3 Å². The molecule has 18 heavy (non-hydrogen) atoms. The Morgan fingerprint density at radius 1 is 1.11 bits per heavy atom. The van der Waals surface area contributed by atoms with Crippen LogP contribution in [0.5, 0.6) is 5.75 Å². The van der Waals surface area contributed by atoms with E-state index in [9.17, 15) is 0 Å². The highest BCUT2D eigenvalue weighted by Crippen LogP contribution is 2.36. The van der Waals surface area contributed by atoms with Gasteiger partial charge in [-0.2, -0.15) is 0 Å². The molecular formula is C13H10N2OS2. The van der Waals surface area contributed by atoms with Gasteiger partial charge in [-0.15, -0.1) is 16.4 Å². The van der Waals surface area contributed by atoms with Crippen LogP contribution in [0.25, 0.3) is 21.0 Å². The summed E-state index contributed by atoms with van der Waals surface area (Å²) in [5, 5.41) is 6.29. The average Bonchev–Trinajstić information content (AvgIpc) is 3.09. The molecule has 0 aliphatic heterocycles. The number of hydrogen-bond donors (Lipinski definition) is 0. The van der Waals surface area contributed by atoms with Crippen molar-refractivity contribution in [3.05, 3.63) is 41.8 Å². The monoisotopic (exact) mass is 274 g/mol. The van der Waals surface area contributed by atoms with Gasteiger partial charge in [-0.25, -0.2) is 0 Å². The Morgan fingerprint density at radius 3 is 2.61 bits per heavy atom. The predicted molar refractivity (Wildman–Crippen MR) is 75.2 cm³/mol. The topological polar surface area (TPSA) is 35.0 Å². The Kier molecular flexibility index (Phi) is 3.08. The van der Waals surface area contributed by atoms with Gasteiger partial charge in [-0.3, -0.25) is 0 Å². The number of methoxy groups -OCH3 is 1. The molecule has 0 bridgehead atoms. The molecule has 3 nitrogen and oxygen atoms in total. The maximum absolute atomic E-state index is 5.16. The first-order valence-corrected chi connectivity index (χ1v) is 7.04. The number of ether oxygens (including phenoxy) is 1. The minimum absolute atomic E-state index is 0.847. The third kappa shape index (κ3) is 2.02. The minimum atomic E-state index is 0.847. The first-order chi connectivity index (χ1) is 8.88. The van der Waals surface area contributed by atoms with Gasteiger partial charge < -0.3 is 4.74 Å². The summed E-state index contributed by atoms with van der Waals surface area (Å²) in [5.74, 6) is 0.847. The lowest BCUT2D eigenvalue weighted by Gasteiger charge is -2.02. The first kappa shape index (κ1) is 11.4. The molecule has 0 amide bonds. The number of rotatable bonds is 3. The Morgan fingerprint density at radius 2 is 1.94 bits per heavy atom. The van der Waals surface area contributed by atoms with E-state index in [4.69, 9.17) is 4.74 Å². The molecule has 0 unspecified atom stereocenters. The SMILES string of the molecule is COc1ccc(-c2nnsc2-c2cccs2)cc1. The van der Waals surface area contributed by atoms with Crippen LogP contribution in [0.3, 0.4) is 0 Å². The Balaban J connectivity index is 2.04. The quantitative estimate of drug-likeness (QED) is 0.725. The zero-order valence-electron chi connectivity index (χ0n) is 9.66. The second-order valence-corrected chi connectivity index (χ2v) is 5.36. The van der Waals surface area contributed by atoms with E-state index in [1.165, 1.54) is 16.4 Å². The summed E-state index contributed by atoms with van der Waals surface area (Å²) in [4.78, 5) is 2.32. The summed E-state index contributed by atoms with van der Waals surface area (Å²) >= 11 is 3.13. The van der Waals surface area contributed by atoms with Crippen molar-refractivity contribution in [1.29, 1.82) is 0 Å². The Bertz CT molecular complexity index is 629. The maximum atomic E-state index is 5.16. The molecule has 5 heteroatoms. The molecule has 0 fully saturated rings. The van der Waals surface area contributed by atoms with Gasteiger partial charge in [-0.05, 0) is 47.2 Å². The van der Waals surface area contributed by atoms with Crippen LogP contribution in [-0.4, -0.2) is 16.7 Å². The van der Waals surface area contributed by atoms with E-state index in [0.29, 0.717) is 0 Å². The summed E-state index contributed by atoms with van der Waals surface area (Å²) in [6.07, 6.45) is 0. The molecule has 3 rings (SSSR count). The molecule has 3 aromatic rings. The van der Waals surface area contributed by atoms with Gasteiger partial charge in [-0.1, -0.05) is 10.6 Å². The van der Waals surface area contributed by atoms with Crippen LogP contribution < -0.4 is 4.74 Å². The molecular weight excluding hydrogens is 264 g/mol. The molecule has 90 valence electrons. The van der Waals surface area contributed by atoms with Crippen molar-refractivity contribution in [2.75, 3.05) is 7.11 Å². The Labute approximate surface area is 113 Å². The molecule has 0 spiro atoms.